The summed E-state index contributed by atoms with van der Waals surface area (Å²) in [6, 6.07) is 3.61. The molecule has 1 N–H and O–H groups in total. The van der Waals surface area contributed by atoms with Crippen LogP contribution in [0.2, 0.25) is 0 Å². The number of rotatable bonds is 3. The van der Waals surface area contributed by atoms with Crippen molar-refractivity contribution in [1.82, 2.24) is 19.3 Å². The smallest absolute Gasteiger partial charge is 0.261 e. The molecule has 0 aliphatic rings. The van der Waals surface area contributed by atoms with Crippen LogP contribution in [0.15, 0.2) is 23.1 Å². The molecule has 0 bridgehead atoms. The van der Waals surface area contributed by atoms with E-state index in [1.807, 2.05) is 24.5 Å². The molecular weight excluding hydrogens is 236 g/mol. The van der Waals surface area contributed by atoms with Gasteiger partial charge in [0.15, 0.2) is 10.6 Å². The molecule has 0 saturated heterocycles. The van der Waals surface area contributed by atoms with Gasteiger partial charge < -0.3 is 9.13 Å². The van der Waals surface area contributed by atoms with Gasteiger partial charge in [-0.2, -0.15) is 5.10 Å². The van der Waals surface area contributed by atoms with Crippen LogP contribution in [0.5, 0.6) is 0 Å². The van der Waals surface area contributed by atoms with E-state index in [1.54, 1.807) is 16.8 Å². The molecule has 0 fully saturated rings. The zero-order chi connectivity index (χ0) is 12.4. The molecular formula is C11H14N4OS. The first-order valence-corrected chi connectivity index (χ1v) is 5.94. The highest BCUT2D eigenvalue weighted by molar-refractivity contribution is 7.71. The minimum atomic E-state index is -0.0429. The Bertz CT molecular complexity index is 637. The van der Waals surface area contributed by atoms with Crippen LogP contribution in [0.1, 0.15) is 13.8 Å². The lowest BCUT2D eigenvalue weighted by molar-refractivity contribution is 0.720. The lowest BCUT2D eigenvalue weighted by Crippen LogP contribution is -2.21. The number of nitrogens with one attached hydrogen (secondary N) is 1. The molecule has 0 aliphatic heterocycles. The fraction of sp³-hybridized carbons (Fsp3) is 0.364. The van der Waals surface area contributed by atoms with Gasteiger partial charge >= 0.3 is 0 Å². The van der Waals surface area contributed by atoms with Gasteiger partial charge in [0.25, 0.3) is 5.56 Å². The normalized spacial score (nSPS) is 10.7. The van der Waals surface area contributed by atoms with Gasteiger partial charge in [0.2, 0.25) is 0 Å². The largest absolute Gasteiger partial charge is 0.315 e. The summed E-state index contributed by atoms with van der Waals surface area (Å²) in [4.78, 5) is 12.1. The highest BCUT2D eigenvalue weighted by Gasteiger charge is 2.11. The molecule has 2 aromatic heterocycles. The van der Waals surface area contributed by atoms with Gasteiger partial charge in [-0.15, -0.1) is 0 Å². The van der Waals surface area contributed by atoms with Gasteiger partial charge in [0, 0.05) is 19.3 Å². The van der Waals surface area contributed by atoms with E-state index >= 15 is 0 Å². The fourth-order valence-electron chi connectivity index (χ4n) is 1.77. The number of aryl methyl sites for hydroxylation is 1. The molecule has 0 aliphatic carbocycles. The second-order valence-electron chi connectivity index (χ2n) is 3.61. The highest BCUT2D eigenvalue weighted by Crippen LogP contribution is 2.12. The Morgan fingerprint density at radius 2 is 2.18 bits per heavy atom. The minimum absolute atomic E-state index is 0.0429. The lowest BCUT2D eigenvalue weighted by Gasteiger charge is -2.06. The van der Waals surface area contributed by atoms with Gasteiger partial charge in [-0.3, -0.25) is 9.89 Å². The first-order chi connectivity index (χ1) is 8.19. The number of aromatic amines is 1. The monoisotopic (exact) mass is 250 g/mol. The summed E-state index contributed by atoms with van der Waals surface area (Å²) >= 11 is 5.11. The Labute approximate surface area is 104 Å². The van der Waals surface area contributed by atoms with Crippen LogP contribution in [0.25, 0.3) is 11.4 Å². The summed E-state index contributed by atoms with van der Waals surface area (Å²) in [5.74, 6) is 0.602. The van der Waals surface area contributed by atoms with Crippen LogP contribution in [-0.4, -0.2) is 19.3 Å². The second-order valence-corrected chi connectivity index (χ2v) is 4.00. The second kappa shape index (κ2) is 4.67. The number of nitrogens with zero attached hydrogens (tertiary/aromatic N) is 3. The van der Waals surface area contributed by atoms with Gasteiger partial charge in [-0.25, -0.2) is 0 Å². The van der Waals surface area contributed by atoms with E-state index in [0.717, 1.165) is 0 Å². The molecule has 0 spiro atoms. The van der Waals surface area contributed by atoms with Crippen molar-refractivity contribution in [3.8, 4) is 11.4 Å². The van der Waals surface area contributed by atoms with Crippen LogP contribution in [0.3, 0.4) is 0 Å². The zero-order valence-electron chi connectivity index (χ0n) is 9.80. The average molecular weight is 250 g/mol. The van der Waals surface area contributed by atoms with Crippen LogP contribution < -0.4 is 5.56 Å². The van der Waals surface area contributed by atoms with Crippen LogP contribution in [0, 0.1) is 4.77 Å². The van der Waals surface area contributed by atoms with Crippen molar-refractivity contribution in [3.05, 3.63) is 33.5 Å². The van der Waals surface area contributed by atoms with Gasteiger partial charge in [-0.1, -0.05) is 0 Å². The molecule has 2 rings (SSSR count). The summed E-state index contributed by atoms with van der Waals surface area (Å²) in [7, 11) is 0. The number of aromatic nitrogens is 4. The summed E-state index contributed by atoms with van der Waals surface area (Å²) in [5, 5.41) is 6.84. The first-order valence-electron chi connectivity index (χ1n) is 5.54. The predicted octanol–water partition coefficient (Wildman–Crippen LogP) is 1.81. The van der Waals surface area contributed by atoms with E-state index in [9.17, 15) is 4.79 Å². The van der Waals surface area contributed by atoms with Crippen molar-refractivity contribution < 1.29 is 0 Å². The van der Waals surface area contributed by atoms with Crippen molar-refractivity contribution in [2.45, 2.75) is 26.9 Å². The molecule has 0 amide bonds. The van der Waals surface area contributed by atoms with Crippen molar-refractivity contribution in [1.29, 1.82) is 0 Å². The van der Waals surface area contributed by atoms with Gasteiger partial charge in [0.05, 0.1) is 5.56 Å². The van der Waals surface area contributed by atoms with Crippen LogP contribution >= 0.6 is 12.2 Å². The van der Waals surface area contributed by atoms with E-state index in [2.05, 4.69) is 10.2 Å². The van der Waals surface area contributed by atoms with E-state index in [1.165, 1.54) is 0 Å². The maximum Gasteiger partial charge on any atom is 0.261 e. The van der Waals surface area contributed by atoms with Crippen LogP contribution in [-0.2, 0) is 13.1 Å². The predicted molar refractivity (Wildman–Crippen MR) is 68.5 cm³/mol. The quantitative estimate of drug-likeness (QED) is 0.845. The molecule has 0 saturated carbocycles. The van der Waals surface area contributed by atoms with Crippen molar-refractivity contribution in [3.63, 3.8) is 0 Å². The highest BCUT2D eigenvalue weighted by atomic mass is 32.1. The molecule has 0 unspecified atom stereocenters. The molecule has 0 atom stereocenters. The Morgan fingerprint density at radius 3 is 2.82 bits per heavy atom. The third-order valence-corrected chi connectivity index (χ3v) is 2.99. The Balaban J connectivity index is 2.69. The lowest BCUT2D eigenvalue weighted by atomic mass is 10.2. The molecule has 0 aromatic carbocycles. The Hall–Kier alpha value is -1.69. The molecule has 6 heteroatoms. The van der Waals surface area contributed by atoms with Crippen molar-refractivity contribution >= 4 is 12.2 Å². The van der Waals surface area contributed by atoms with Gasteiger partial charge in [0.1, 0.15) is 0 Å². The molecule has 5 nitrogen and oxygen atoms in total. The molecule has 90 valence electrons. The number of hydrogen-bond donors (Lipinski definition) is 1. The third kappa shape index (κ3) is 1.95. The van der Waals surface area contributed by atoms with E-state index in [0.29, 0.717) is 29.2 Å². The van der Waals surface area contributed by atoms with E-state index in [-0.39, 0.29) is 5.56 Å². The van der Waals surface area contributed by atoms with Crippen LogP contribution in [0.4, 0.5) is 0 Å². The number of pyridine rings is 1. The summed E-state index contributed by atoms with van der Waals surface area (Å²) in [6.07, 6.45) is 1.77. The molecule has 2 heterocycles. The van der Waals surface area contributed by atoms with E-state index < -0.39 is 0 Å². The summed E-state index contributed by atoms with van der Waals surface area (Å²) in [5.41, 5.74) is 0.530. The zero-order valence-corrected chi connectivity index (χ0v) is 10.6. The van der Waals surface area contributed by atoms with Crippen molar-refractivity contribution in [2.75, 3.05) is 0 Å². The maximum atomic E-state index is 12.1. The Kier molecular flexibility index (Phi) is 3.23. The topological polar surface area (TPSA) is 55.6 Å². The summed E-state index contributed by atoms with van der Waals surface area (Å²) in [6.45, 7) is 5.23. The third-order valence-electron chi connectivity index (χ3n) is 2.68. The maximum absolute atomic E-state index is 12.1. The average Bonchev–Trinajstić information content (AvgIpc) is 2.70. The van der Waals surface area contributed by atoms with Gasteiger partial charge in [-0.05, 0) is 38.2 Å². The number of H-pyrrole nitrogens is 1. The SMILES string of the molecule is CCn1cccc(-c2n[nH]c(=S)n2CC)c1=O. The fourth-order valence-corrected chi connectivity index (χ4v) is 2.03. The molecule has 2 aromatic rings. The Morgan fingerprint density at radius 1 is 1.41 bits per heavy atom. The molecule has 0 radical (unpaired) electrons. The summed E-state index contributed by atoms with van der Waals surface area (Å²) < 4.78 is 3.99. The minimum Gasteiger partial charge on any atom is -0.315 e. The number of hydrogen-bond acceptors (Lipinski definition) is 3. The van der Waals surface area contributed by atoms with Crippen molar-refractivity contribution in [2.24, 2.45) is 0 Å². The first kappa shape index (κ1) is 11.8. The van der Waals surface area contributed by atoms with E-state index in [4.69, 9.17) is 12.2 Å². The molecule has 17 heavy (non-hydrogen) atoms. The standard InChI is InChI=1S/C11H14N4OS/c1-3-14-7-5-6-8(10(14)16)9-12-13-11(17)15(9)4-2/h5-7H,3-4H2,1-2H3,(H,13,17).